The second-order valence-corrected chi connectivity index (χ2v) is 9.59. The average molecular weight is 573 g/mol. The molecule has 218 valence electrons. The molecule has 41 heavy (non-hydrogen) atoms. The lowest BCUT2D eigenvalue weighted by Crippen LogP contribution is -2.69. The lowest BCUT2D eigenvalue weighted by molar-refractivity contribution is -0.303. The van der Waals surface area contributed by atoms with Gasteiger partial charge in [-0.15, -0.1) is 0 Å². The number of fused-ring (bicyclic) bond motifs is 1. The second-order valence-electron chi connectivity index (χ2n) is 9.59. The zero-order valence-electron chi connectivity index (χ0n) is 21.9. The maximum absolute atomic E-state index is 12.1. The molecule has 0 aliphatic carbocycles. The molecule has 3 heterocycles. The van der Waals surface area contributed by atoms with Gasteiger partial charge in [0.1, 0.15) is 53.1 Å². The highest BCUT2D eigenvalue weighted by Crippen LogP contribution is 2.51. The summed E-state index contributed by atoms with van der Waals surface area (Å²) in [4.78, 5) is 19.9. The number of aliphatic hydroxyl groups excluding tert-OH is 3. The summed E-state index contributed by atoms with van der Waals surface area (Å²) in [6, 6.07) is 8.11. The van der Waals surface area contributed by atoms with Gasteiger partial charge in [0.15, 0.2) is 17.6 Å². The van der Waals surface area contributed by atoms with E-state index in [1.807, 2.05) is 0 Å². The number of carboxylic acids is 1. The summed E-state index contributed by atoms with van der Waals surface area (Å²) in [5, 5.41) is 64.3. The van der Waals surface area contributed by atoms with Crippen LogP contribution in [0.15, 0.2) is 46.4 Å². The summed E-state index contributed by atoms with van der Waals surface area (Å²) in [6.07, 6.45) is -6.50. The first-order valence-corrected chi connectivity index (χ1v) is 12.4. The summed E-state index contributed by atoms with van der Waals surface area (Å²) in [7, 11) is 2.73. The molecule has 2 aromatic rings. The molecule has 14 nitrogen and oxygen atoms in total. The average Bonchev–Trinajstić information content (AvgIpc) is 3.46. The van der Waals surface area contributed by atoms with Gasteiger partial charge in [0.05, 0.1) is 20.8 Å². The van der Waals surface area contributed by atoms with Gasteiger partial charge in [0, 0.05) is 24.3 Å². The number of nitrogens with zero attached hydrogens (tertiary/aromatic N) is 2. The zero-order valence-corrected chi connectivity index (χ0v) is 21.9. The number of hydrogen-bond donors (Lipinski definition) is 6. The molecule has 1 fully saturated rings. The van der Waals surface area contributed by atoms with Crippen LogP contribution in [0.4, 0.5) is 0 Å². The Bertz CT molecular complexity index is 1420. The molecule has 0 spiro atoms. The van der Waals surface area contributed by atoms with E-state index in [0.29, 0.717) is 11.3 Å². The van der Waals surface area contributed by atoms with Crippen LogP contribution in [0.1, 0.15) is 23.7 Å². The highest BCUT2D eigenvalue weighted by Gasteiger charge is 2.59. The maximum Gasteiger partial charge on any atom is 0.336 e. The summed E-state index contributed by atoms with van der Waals surface area (Å²) < 4.78 is 27.6. The van der Waals surface area contributed by atoms with Crippen LogP contribution in [0.25, 0.3) is 5.76 Å². The molecular formula is C27H28N2O12. The van der Waals surface area contributed by atoms with Gasteiger partial charge in [-0.3, -0.25) is 4.99 Å². The number of hydrogen-bond acceptors (Lipinski definition) is 13. The molecule has 3 aliphatic rings. The number of ether oxygens (including phenoxy) is 5. The van der Waals surface area contributed by atoms with Crippen LogP contribution in [0, 0.1) is 0 Å². The SMILES string of the molecule is COc1ccc(C2C=C(O)c3c(cc(OC4OC(C(=O)O)C(O)(CC5=NC=NC5)C(O)C4O)c(OC)c3O)O2)cc1. The van der Waals surface area contributed by atoms with Crippen molar-refractivity contribution in [1.29, 1.82) is 0 Å². The molecule has 0 bridgehead atoms. The topological polar surface area (TPSA) is 209 Å². The Morgan fingerprint density at radius 2 is 1.88 bits per heavy atom. The van der Waals surface area contributed by atoms with Gasteiger partial charge >= 0.3 is 5.97 Å². The van der Waals surface area contributed by atoms with E-state index in [1.165, 1.54) is 32.7 Å². The van der Waals surface area contributed by atoms with Crippen LogP contribution in [0.5, 0.6) is 28.7 Å². The molecule has 14 heteroatoms. The minimum Gasteiger partial charge on any atom is -0.507 e. The third-order valence-corrected chi connectivity index (χ3v) is 7.04. The Balaban J connectivity index is 1.45. The summed E-state index contributed by atoms with van der Waals surface area (Å²) in [5.74, 6) is -2.51. The van der Waals surface area contributed by atoms with Gasteiger partial charge < -0.3 is 54.3 Å². The minimum atomic E-state index is -2.47. The third kappa shape index (κ3) is 5.02. The number of rotatable bonds is 8. The molecule has 6 atom stereocenters. The van der Waals surface area contributed by atoms with Crippen molar-refractivity contribution in [3.63, 3.8) is 0 Å². The van der Waals surface area contributed by atoms with Crippen LogP contribution in [-0.4, -0.2) is 99.6 Å². The Morgan fingerprint density at radius 3 is 2.49 bits per heavy atom. The Labute approximate surface area is 233 Å². The fraction of sp³-hybridized carbons (Fsp3) is 0.370. The van der Waals surface area contributed by atoms with Crippen LogP contribution in [0.3, 0.4) is 0 Å². The van der Waals surface area contributed by atoms with Crippen molar-refractivity contribution in [1.82, 2.24) is 0 Å². The van der Waals surface area contributed by atoms with E-state index in [4.69, 9.17) is 23.7 Å². The summed E-state index contributed by atoms with van der Waals surface area (Å²) >= 11 is 0. The van der Waals surface area contributed by atoms with Gasteiger partial charge in [-0.1, -0.05) is 12.1 Å². The third-order valence-electron chi connectivity index (χ3n) is 7.04. The molecule has 2 aromatic carbocycles. The van der Waals surface area contributed by atoms with Crippen molar-refractivity contribution in [2.24, 2.45) is 9.98 Å². The van der Waals surface area contributed by atoms with Crippen molar-refractivity contribution >= 4 is 23.8 Å². The first-order chi connectivity index (χ1) is 19.6. The number of carboxylic acid groups (broad SMARTS) is 1. The van der Waals surface area contributed by atoms with Crippen molar-refractivity contribution in [3.8, 4) is 28.7 Å². The number of aliphatic imine (C=N–C) groups is 2. The van der Waals surface area contributed by atoms with Crippen molar-refractivity contribution < 1.29 is 59.1 Å². The largest absolute Gasteiger partial charge is 0.507 e. The van der Waals surface area contributed by atoms with Gasteiger partial charge in [-0.05, 0) is 17.7 Å². The Kier molecular flexibility index (Phi) is 7.48. The first kappa shape index (κ1) is 28.2. The zero-order chi connectivity index (χ0) is 29.5. The Morgan fingerprint density at radius 1 is 1.15 bits per heavy atom. The minimum absolute atomic E-state index is 0.0319. The highest BCUT2D eigenvalue weighted by atomic mass is 16.7. The number of aliphatic carboxylic acids is 1. The summed E-state index contributed by atoms with van der Waals surface area (Å²) in [5.41, 5.74) is -1.63. The first-order valence-electron chi connectivity index (χ1n) is 12.4. The van der Waals surface area contributed by atoms with Gasteiger partial charge in [0.25, 0.3) is 0 Å². The lowest BCUT2D eigenvalue weighted by Gasteiger charge is -2.46. The van der Waals surface area contributed by atoms with E-state index in [0.717, 1.165) is 0 Å². The maximum atomic E-state index is 12.1. The lowest BCUT2D eigenvalue weighted by atomic mass is 9.80. The highest BCUT2D eigenvalue weighted by molar-refractivity contribution is 5.97. The Hall–Kier alpha value is -4.37. The molecule has 0 radical (unpaired) electrons. The predicted molar refractivity (Wildman–Crippen MR) is 141 cm³/mol. The van der Waals surface area contributed by atoms with Gasteiger partial charge in [-0.25, -0.2) is 9.79 Å². The van der Waals surface area contributed by atoms with E-state index in [9.17, 15) is 35.4 Å². The van der Waals surface area contributed by atoms with E-state index < -0.39 is 54.4 Å². The van der Waals surface area contributed by atoms with Gasteiger partial charge in [0.2, 0.25) is 12.0 Å². The molecule has 5 rings (SSSR count). The predicted octanol–water partition coefficient (Wildman–Crippen LogP) is 0.956. The molecule has 0 saturated carbocycles. The molecule has 0 aromatic heterocycles. The number of aliphatic hydroxyl groups is 4. The van der Waals surface area contributed by atoms with Crippen LogP contribution in [-0.2, 0) is 9.53 Å². The van der Waals surface area contributed by atoms with Crippen LogP contribution >= 0.6 is 0 Å². The molecule has 1 saturated heterocycles. The van der Waals surface area contributed by atoms with Crippen molar-refractivity contribution in [3.05, 3.63) is 47.5 Å². The number of phenolic OH excluding ortho intramolecular Hbond substituents is 1. The normalized spacial score (nSPS) is 28.7. The number of methoxy groups -OCH3 is 2. The molecule has 6 N–H and O–H groups in total. The van der Waals surface area contributed by atoms with E-state index in [1.54, 1.807) is 24.3 Å². The van der Waals surface area contributed by atoms with E-state index in [-0.39, 0.29) is 40.8 Å². The molecule has 0 amide bonds. The molecule has 6 unspecified atom stereocenters. The van der Waals surface area contributed by atoms with Crippen molar-refractivity contribution in [2.75, 3.05) is 20.8 Å². The van der Waals surface area contributed by atoms with Gasteiger partial charge in [-0.2, -0.15) is 0 Å². The van der Waals surface area contributed by atoms with E-state index >= 15 is 0 Å². The number of aromatic hydroxyl groups is 1. The van der Waals surface area contributed by atoms with Crippen LogP contribution < -0.4 is 18.9 Å². The standard InChI is InChI=1S/C27H28N2O12/c1-37-14-5-3-12(4-6-14)16-7-15(30)19-17(39-16)8-18(22(38-2)20(19)31)40-26-21(32)23(33)27(36,24(41-26)25(34)35)9-13-10-28-11-29-13/h3-8,11,16,21,23-24,26,30-33,36H,9-10H2,1-2H3,(H,34,35). The summed E-state index contributed by atoms with van der Waals surface area (Å²) in [6.45, 7) is 0.0851. The second kappa shape index (κ2) is 10.9. The molecule has 3 aliphatic heterocycles. The number of carbonyl (C=O) groups is 1. The fourth-order valence-corrected chi connectivity index (χ4v) is 4.95. The number of phenols is 1. The molecular weight excluding hydrogens is 544 g/mol. The van der Waals surface area contributed by atoms with Crippen LogP contribution in [0.2, 0.25) is 0 Å². The van der Waals surface area contributed by atoms with E-state index in [2.05, 4.69) is 9.98 Å². The fourth-order valence-electron chi connectivity index (χ4n) is 4.95. The smallest absolute Gasteiger partial charge is 0.336 e. The monoisotopic (exact) mass is 572 g/mol. The quantitative estimate of drug-likeness (QED) is 0.261. The number of benzene rings is 2. The van der Waals surface area contributed by atoms with Crippen molar-refractivity contribution in [2.45, 2.75) is 42.7 Å².